The lowest BCUT2D eigenvalue weighted by molar-refractivity contribution is -0.339. The molecule has 1 aliphatic carbocycles. The lowest BCUT2D eigenvalue weighted by atomic mass is 9.84. The summed E-state index contributed by atoms with van der Waals surface area (Å²) >= 11 is 0. The Morgan fingerprint density at radius 1 is 1.14 bits per heavy atom. The first-order valence-electron chi connectivity index (χ1n) is 9.18. The number of carbonyl (C=O) groups excluding carboxylic acids is 2. The third-order valence-electron chi connectivity index (χ3n) is 5.57. The predicted octanol–water partition coefficient (Wildman–Crippen LogP) is -2.30. The van der Waals surface area contributed by atoms with Crippen LogP contribution in [0.4, 0.5) is 0 Å². The average Bonchev–Trinajstić information content (AvgIpc) is 3.20. The number of esters is 2. The number of aliphatic hydroxyl groups is 4. The molecule has 0 amide bonds. The van der Waals surface area contributed by atoms with Crippen LogP contribution < -0.4 is 0 Å². The average molecular weight is 414 g/mol. The van der Waals surface area contributed by atoms with Gasteiger partial charge in [0.1, 0.15) is 37.1 Å². The van der Waals surface area contributed by atoms with Crippen LogP contribution >= 0.6 is 0 Å². The molecule has 0 bridgehead atoms. The molecule has 160 valence electrons. The minimum atomic E-state index is -1.61. The van der Waals surface area contributed by atoms with Crippen LogP contribution in [0.2, 0.25) is 0 Å². The lowest BCUT2D eigenvalue weighted by Gasteiger charge is -2.42. The highest BCUT2D eigenvalue weighted by Gasteiger charge is 2.56. The second-order valence-electron chi connectivity index (χ2n) is 7.35. The molecule has 0 radical (unpaired) electrons. The molecular formula is C18H22O11. The molecule has 11 nitrogen and oxygen atoms in total. The Hall–Kier alpha value is -2.02. The Morgan fingerprint density at radius 2 is 1.90 bits per heavy atom. The topological polar surface area (TPSA) is 161 Å². The Morgan fingerprint density at radius 3 is 2.59 bits per heavy atom. The van der Waals surface area contributed by atoms with E-state index in [1.165, 1.54) is 13.2 Å². The maximum Gasteiger partial charge on any atom is 0.338 e. The zero-order valence-corrected chi connectivity index (χ0v) is 15.4. The summed E-state index contributed by atoms with van der Waals surface area (Å²) in [5.41, 5.74) is 0.936. The van der Waals surface area contributed by atoms with Gasteiger partial charge in [-0.05, 0) is 11.6 Å². The Balaban J connectivity index is 1.56. The number of aliphatic hydroxyl groups excluding tert-OH is 4. The molecule has 4 aliphatic rings. The van der Waals surface area contributed by atoms with Crippen molar-refractivity contribution >= 4 is 11.9 Å². The van der Waals surface area contributed by atoms with Gasteiger partial charge in [0.25, 0.3) is 0 Å². The van der Waals surface area contributed by atoms with Crippen LogP contribution in [0.1, 0.15) is 6.92 Å². The summed E-state index contributed by atoms with van der Waals surface area (Å²) in [5.74, 6) is -1.99. The maximum atomic E-state index is 12.0. The number of hydrogen-bond donors (Lipinski definition) is 4. The van der Waals surface area contributed by atoms with Crippen molar-refractivity contribution in [3.8, 4) is 0 Å². The van der Waals surface area contributed by atoms with Gasteiger partial charge in [-0.3, -0.25) is 4.79 Å². The molecule has 3 aliphatic heterocycles. The van der Waals surface area contributed by atoms with Gasteiger partial charge in [-0.15, -0.1) is 0 Å². The number of rotatable bonds is 5. The second-order valence-corrected chi connectivity index (χ2v) is 7.35. The number of hydrogen-bond acceptors (Lipinski definition) is 11. The molecule has 0 saturated carbocycles. The van der Waals surface area contributed by atoms with Crippen molar-refractivity contribution in [2.45, 2.75) is 50.0 Å². The Kier molecular flexibility index (Phi) is 5.36. The molecule has 2 saturated heterocycles. The molecule has 1 unspecified atom stereocenters. The molecule has 3 heterocycles. The minimum absolute atomic E-state index is 0.0598. The zero-order valence-electron chi connectivity index (χ0n) is 15.4. The summed E-state index contributed by atoms with van der Waals surface area (Å²) in [6.07, 6.45) is -6.03. The van der Waals surface area contributed by atoms with Gasteiger partial charge in [-0.1, -0.05) is 0 Å². The van der Waals surface area contributed by atoms with E-state index in [2.05, 4.69) is 0 Å². The first-order chi connectivity index (χ1) is 13.8. The van der Waals surface area contributed by atoms with Gasteiger partial charge < -0.3 is 44.1 Å². The second kappa shape index (κ2) is 7.67. The van der Waals surface area contributed by atoms with Crippen molar-refractivity contribution < 1.29 is 53.7 Å². The fraction of sp³-hybridized carbons (Fsp3) is 0.667. The number of carbonyl (C=O) groups is 2. The molecule has 11 heteroatoms. The molecule has 0 aromatic heterocycles. The van der Waals surface area contributed by atoms with Gasteiger partial charge in [0.05, 0.1) is 24.4 Å². The van der Waals surface area contributed by atoms with E-state index in [-0.39, 0.29) is 6.61 Å². The minimum Gasteiger partial charge on any atom is -0.471 e. The predicted molar refractivity (Wildman–Crippen MR) is 89.4 cm³/mol. The van der Waals surface area contributed by atoms with Crippen molar-refractivity contribution in [1.29, 1.82) is 0 Å². The van der Waals surface area contributed by atoms with Crippen molar-refractivity contribution in [3.05, 3.63) is 23.5 Å². The van der Waals surface area contributed by atoms with Gasteiger partial charge in [0.2, 0.25) is 6.29 Å². The fourth-order valence-electron chi connectivity index (χ4n) is 4.12. The van der Waals surface area contributed by atoms with E-state index in [9.17, 15) is 30.0 Å². The van der Waals surface area contributed by atoms with Crippen molar-refractivity contribution in [1.82, 2.24) is 0 Å². The summed E-state index contributed by atoms with van der Waals surface area (Å²) < 4.78 is 27.0. The van der Waals surface area contributed by atoms with Crippen LogP contribution in [0.25, 0.3) is 0 Å². The van der Waals surface area contributed by atoms with Crippen LogP contribution in [0, 0.1) is 11.8 Å². The highest BCUT2D eigenvalue weighted by molar-refractivity contribution is 5.92. The van der Waals surface area contributed by atoms with Gasteiger partial charge in [0, 0.05) is 12.8 Å². The van der Waals surface area contributed by atoms with E-state index in [1.807, 2.05) is 0 Å². The normalized spacial score (nSPS) is 43.1. The van der Waals surface area contributed by atoms with Crippen molar-refractivity contribution in [2.75, 3.05) is 13.2 Å². The Labute approximate surface area is 165 Å². The highest BCUT2D eigenvalue weighted by atomic mass is 16.8. The first-order valence-corrected chi connectivity index (χ1v) is 9.18. The first kappa shape index (κ1) is 20.3. The molecular weight excluding hydrogens is 392 g/mol. The van der Waals surface area contributed by atoms with Gasteiger partial charge in [-0.25, -0.2) is 4.79 Å². The van der Waals surface area contributed by atoms with E-state index in [0.29, 0.717) is 11.1 Å². The largest absolute Gasteiger partial charge is 0.471 e. The molecule has 0 spiro atoms. The van der Waals surface area contributed by atoms with Crippen LogP contribution in [-0.4, -0.2) is 88.7 Å². The summed E-state index contributed by atoms with van der Waals surface area (Å²) in [5, 5.41) is 39.4. The van der Waals surface area contributed by atoms with E-state index in [4.69, 9.17) is 23.7 Å². The monoisotopic (exact) mass is 414 g/mol. The third-order valence-corrected chi connectivity index (χ3v) is 5.57. The lowest BCUT2D eigenvalue weighted by Crippen LogP contribution is -2.60. The quantitative estimate of drug-likeness (QED) is 0.283. The maximum absolute atomic E-state index is 12.0. The standard InChI is InChI=1S/C18H22O11/c1-6(20)25-4-7-2-9-12-8(16(24)27-9)5-26-17(11(7)12)29-18-15(23)14(22)13(21)10(3-19)28-18/h2,5,9-15,17-19,21-23H,3-4H2,1H3/t9-,10+,11+,12-,13+,14-,15+,17?,18+/m0/s1. The molecule has 4 N–H and O–H groups in total. The highest BCUT2D eigenvalue weighted by Crippen LogP contribution is 2.49. The Bertz CT molecular complexity index is 744. The van der Waals surface area contributed by atoms with E-state index < -0.39 is 73.5 Å². The van der Waals surface area contributed by atoms with E-state index in [0.717, 1.165) is 0 Å². The summed E-state index contributed by atoms with van der Waals surface area (Å²) in [4.78, 5) is 23.2. The van der Waals surface area contributed by atoms with Crippen molar-refractivity contribution in [3.63, 3.8) is 0 Å². The van der Waals surface area contributed by atoms with Gasteiger partial charge >= 0.3 is 11.9 Å². The van der Waals surface area contributed by atoms with Crippen LogP contribution in [0.5, 0.6) is 0 Å². The third kappa shape index (κ3) is 3.43. The molecule has 29 heavy (non-hydrogen) atoms. The molecule has 0 aromatic carbocycles. The summed E-state index contributed by atoms with van der Waals surface area (Å²) in [7, 11) is 0. The molecule has 9 atom stereocenters. The zero-order chi connectivity index (χ0) is 20.9. The molecule has 0 aromatic rings. The summed E-state index contributed by atoms with van der Waals surface area (Å²) in [6.45, 7) is 0.602. The van der Waals surface area contributed by atoms with Crippen molar-refractivity contribution in [2.24, 2.45) is 11.8 Å². The van der Waals surface area contributed by atoms with Gasteiger partial charge in [0.15, 0.2) is 6.29 Å². The van der Waals surface area contributed by atoms with Gasteiger partial charge in [-0.2, -0.15) is 0 Å². The SMILES string of the molecule is CC(=O)OCC1=C[C@@H]2OC(=O)C3=COC(O[C@H]4O[C@H](CO)[C@@H](O)[C@H](O)[C@H]4O)[C@H]1[C@@H]32. The van der Waals surface area contributed by atoms with E-state index in [1.54, 1.807) is 6.08 Å². The van der Waals surface area contributed by atoms with E-state index >= 15 is 0 Å². The van der Waals surface area contributed by atoms with Crippen LogP contribution in [-0.2, 0) is 33.3 Å². The molecule has 2 fully saturated rings. The smallest absolute Gasteiger partial charge is 0.338 e. The summed E-state index contributed by atoms with van der Waals surface area (Å²) in [6, 6.07) is 0. The van der Waals surface area contributed by atoms with Crippen LogP contribution in [0.15, 0.2) is 23.5 Å². The number of ether oxygens (including phenoxy) is 5. The molecule has 4 rings (SSSR count). The van der Waals surface area contributed by atoms with Crippen LogP contribution in [0.3, 0.4) is 0 Å². The fourth-order valence-corrected chi connectivity index (χ4v) is 4.12.